The normalized spacial score (nSPS) is 10.5. The van der Waals surface area contributed by atoms with Crippen molar-refractivity contribution in [1.29, 1.82) is 0 Å². The number of hydrogen-bond acceptors (Lipinski definition) is 4. The second-order valence-corrected chi connectivity index (χ2v) is 5.94. The van der Waals surface area contributed by atoms with Crippen LogP contribution in [0.15, 0.2) is 28.1 Å². The molecule has 6 heteroatoms. The SMILES string of the molecule is Cc1cc(Br)ccc1NC(=O)c1csc(CCN)n1. The van der Waals surface area contributed by atoms with Crippen LogP contribution in [0.3, 0.4) is 0 Å². The van der Waals surface area contributed by atoms with E-state index in [4.69, 9.17) is 5.73 Å². The monoisotopic (exact) mass is 339 g/mol. The summed E-state index contributed by atoms with van der Waals surface area (Å²) < 4.78 is 0.988. The molecule has 2 aromatic rings. The third kappa shape index (κ3) is 3.62. The number of aromatic nitrogens is 1. The standard InChI is InChI=1S/C13H14BrN3OS/c1-8-6-9(14)2-3-10(8)17-13(18)11-7-19-12(16-11)4-5-15/h2-3,6-7H,4-5,15H2,1H3,(H,17,18). The molecule has 100 valence electrons. The van der Waals surface area contributed by atoms with Crippen LogP contribution in [0.1, 0.15) is 21.1 Å². The van der Waals surface area contributed by atoms with Gasteiger partial charge < -0.3 is 11.1 Å². The van der Waals surface area contributed by atoms with Gasteiger partial charge in [0, 0.05) is 22.0 Å². The van der Waals surface area contributed by atoms with Gasteiger partial charge in [-0.15, -0.1) is 11.3 Å². The number of amides is 1. The van der Waals surface area contributed by atoms with Crippen molar-refractivity contribution in [3.8, 4) is 0 Å². The smallest absolute Gasteiger partial charge is 0.275 e. The summed E-state index contributed by atoms with van der Waals surface area (Å²) in [5, 5.41) is 5.51. The fourth-order valence-corrected chi connectivity index (χ4v) is 2.88. The Labute approximate surface area is 124 Å². The Kier molecular flexibility index (Phi) is 4.68. The Morgan fingerprint density at radius 3 is 3.00 bits per heavy atom. The van der Waals surface area contributed by atoms with E-state index in [0.717, 1.165) is 20.7 Å². The van der Waals surface area contributed by atoms with E-state index in [2.05, 4.69) is 26.2 Å². The van der Waals surface area contributed by atoms with E-state index in [-0.39, 0.29) is 5.91 Å². The number of thiazole rings is 1. The quantitative estimate of drug-likeness (QED) is 0.899. The molecule has 1 heterocycles. The largest absolute Gasteiger partial charge is 0.330 e. The molecule has 3 N–H and O–H groups in total. The molecule has 0 aliphatic rings. The van der Waals surface area contributed by atoms with Gasteiger partial charge in [-0.2, -0.15) is 0 Å². The minimum atomic E-state index is -0.190. The highest BCUT2D eigenvalue weighted by molar-refractivity contribution is 9.10. The van der Waals surface area contributed by atoms with Gasteiger partial charge in [0.1, 0.15) is 5.69 Å². The van der Waals surface area contributed by atoms with Crippen molar-refractivity contribution in [3.63, 3.8) is 0 Å². The van der Waals surface area contributed by atoms with Crippen LogP contribution in [0, 0.1) is 6.92 Å². The minimum Gasteiger partial charge on any atom is -0.330 e. The minimum absolute atomic E-state index is 0.190. The molecule has 19 heavy (non-hydrogen) atoms. The Morgan fingerprint density at radius 1 is 1.53 bits per heavy atom. The summed E-state index contributed by atoms with van der Waals surface area (Å²) in [6.45, 7) is 2.49. The highest BCUT2D eigenvalue weighted by Crippen LogP contribution is 2.21. The molecule has 0 saturated carbocycles. The molecule has 2 rings (SSSR count). The molecule has 0 aliphatic carbocycles. The predicted molar refractivity (Wildman–Crippen MR) is 81.7 cm³/mol. The van der Waals surface area contributed by atoms with Crippen LogP contribution < -0.4 is 11.1 Å². The van der Waals surface area contributed by atoms with Crippen LogP contribution in [0.4, 0.5) is 5.69 Å². The fourth-order valence-electron chi connectivity index (χ4n) is 1.61. The molecule has 0 aliphatic heterocycles. The lowest BCUT2D eigenvalue weighted by molar-refractivity contribution is 0.102. The molecule has 0 bridgehead atoms. The van der Waals surface area contributed by atoms with Gasteiger partial charge >= 0.3 is 0 Å². The van der Waals surface area contributed by atoms with Crippen molar-refractivity contribution >= 4 is 38.9 Å². The summed E-state index contributed by atoms with van der Waals surface area (Å²) in [7, 11) is 0. The molecule has 1 aromatic heterocycles. The van der Waals surface area contributed by atoms with Gasteiger partial charge in [-0.25, -0.2) is 4.98 Å². The topological polar surface area (TPSA) is 68.0 Å². The molecule has 0 saturated heterocycles. The van der Waals surface area contributed by atoms with Gasteiger partial charge in [0.15, 0.2) is 0 Å². The molecule has 1 amide bonds. The number of aryl methyl sites for hydroxylation is 1. The van der Waals surface area contributed by atoms with E-state index in [1.165, 1.54) is 11.3 Å². The summed E-state index contributed by atoms with van der Waals surface area (Å²) in [6, 6.07) is 5.71. The Morgan fingerprint density at radius 2 is 2.32 bits per heavy atom. The Balaban J connectivity index is 2.11. The summed E-state index contributed by atoms with van der Waals surface area (Å²) in [6.07, 6.45) is 0.704. The molecule has 0 radical (unpaired) electrons. The van der Waals surface area contributed by atoms with Gasteiger partial charge in [-0.05, 0) is 37.2 Å². The van der Waals surface area contributed by atoms with Crippen LogP contribution in [0.5, 0.6) is 0 Å². The Hall–Kier alpha value is -1.24. The molecule has 1 aromatic carbocycles. The number of nitrogens with one attached hydrogen (secondary N) is 1. The van der Waals surface area contributed by atoms with E-state index in [0.29, 0.717) is 18.7 Å². The van der Waals surface area contributed by atoms with Crippen molar-refractivity contribution in [2.75, 3.05) is 11.9 Å². The lowest BCUT2D eigenvalue weighted by atomic mass is 10.2. The summed E-state index contributed by atoms with van der Waals surface area (Å²) in [5.74, 6) is -0.190. The highest BCUT2D eigenvalue weighted by Gasteiger charge is 2.11. The van der Waals surface area contributed by atoms with Gasteiger partial charge in [0.2, 0.25) is 0 Å². The van der Waals surface area contributed by atoms with E-state index in [1.54, 1.807) is 5.38 Å². The maximum Gasteiger partial charge on any atom is 0.275 e. The van der Waals surface area contributed by atoms with Gasteiger partial charge in [0.05, 0.1) is 5.01 Å². The van der Waals surface area contributed by atoms with Crippen LogP contribution in [0.25, 0.3) is 0 Å². The lowest BCUT2D eigenvalue weighted by Gasteiger charge is -2.07. The third-order valence-electron chi connectivity index (χ3n) is 2.58. The van der Waals surface area contributed by atoms with Crippen LogP contribution in [-0.2, 0) is 6.42 Å². The average Bonchev–Trinajstić information content (AvgIpc) is 2.82. The van der Waals surface area contributed by atoms with Gasteiger partial charge in [-0.3, -0.25) is 4.79 Å². The molecule has 0 spiro atoms. The van der Waals surface area contributed by atoms with E-state index >= 15 is 0 Å². The van der Waals surface area contributed by atoms with E-state index in [1.807, 2.05) is 25.1 Å². The number of halogens is 1. The number of hydrogen-bond donors (Lipinski definition) is 2. The average molecular weight is 340 g/mol. The number of rotatable bonds is 4. The zero-order valence-electron chi connectivity index (χ0n) is 10.4. The van der Waals surface area contributed by atoms with Crippen LogP contribution in [0.2, 0.25) is 0 Å². The molecule has 0 atom stereocenters. The van der Waals surface area contributed by atoms with Crippen molar-refractivity contribution in [2.24, 2.45) is 5.73 Å². The van der Waals surface area contributed by atoms with Gasteiger partial charge in [0.25, 0.3) is 5.91 Å². The molecule has 0 fully saturated rings. The first-order valence-corrected chi connectivity index (χ1v) is 7.49. The zero-order valence-corrected chi connectivity index (χ0v) is 12.8. The zero-order chi connectivity index (χ0) is 13.8. The number of carbonyl (C=O) groups is 1. The van der Waals surface area contributed by atoms with Gasteiger partial charge in [-0.1, -0.05) is 15.9 Å². The second kappa shape index (κ2) is 6.27. The first kappa shape index (κ1) is 14.2. The van der Waals surface area contributed by atoms with Crippen molar-refractivity contribution < 1.29 is 4.79 Å². The summed E-state index contributed by atoms with van der Waals surface area (Å²) >= 11 is 4.85. The van der Waals surface area contributed by atoms with Crippen molar-refractivity contribution in [3.05, 3.63) is 44.3 Å². The summed E-state index contributed by atoms with van der Waals surface area (Å²) in [5.41, 5.74) is 7.70. The number of carbonyl (C=O) groups excluding carboxylic acids is 1. The number of nitrogens with two attached hydrogens (primary N) is 1. The fraction of sp³-hybridized carbons (Fsp3) is 0.231. The molecule has 0 unspecified atom stereocenters. The number of nitrogens with zero attached hydrogens (tertiary/aromatic N) is 1. The molecular weight excluding hydrogens is 326 g/mol. The van der Waals surface area contributed by atoms with Crippen LogP contribution in [-0.4, -0.2) is 17.4 Å². The maximum absolute atomic E-state index is 12.1. The second-order valence-electron chi connectivity index (χ2n) is 4.08. The first-order valence-electron chi connectivity index (χ1n) is 5.82. The van der Waals surface area contributed by atoms with E-state index in [9.17, 15) is 4.79 Å². The molecule has 4 nitrogen and oxygen atoms in total. The predicted octanol–water partition coefficient (Wildman–Crippen LogP) is 2.97. The van der Waals surface area contributed by atoms with Crippen molar-refractivity contribution in [2.45, 2.75) is 13.3 Å². The third-order valence-corrected chi connectivity index (χ3v) is 3.98. The number of anilines is 1. The van der Waals surface area contributed by atoms with Crippen LogP contribution >= 0.6 is 27.3 Å². The Bertz CT molecular complexity index is 597. The summed E-state index contributed by atoms with van der Waals surface area (Å²) in [4.78, 5) is 16.3. The maximum atomic E-state index is 12.1. The lowest BCUT2D eigenvalue weighted by Crippen LogP contribution is -2.13. The number of benzene rings is 1. The molecular formula is C13H14BrN3OS. The highest BCUT2D eigenvalue weighted by atomic mass is 79.9. The first-order chi connectivity index (χ1) is 9.10. The van der Waals surface area contributed by atoms with Crippen molar-refractivity contribution in [1.82, 2.24) is 4.98 Å². The van der Waals surface area contributed by atoms with E-state index < -0.39 is 0 Å².